The number of aromatic nitrogens is 1. The van der Waals surface area contributed by atoms with Gasteiger partial charge in [-0.2, -0.15) is 0 Å². The maximum Gasteiger partial charge on any atom is 0.266 e. The Labute approximate surface area is 184 Å². The molecule has 12 heteroatoms. The molecule has 0 atom stereocenters. The summed E-state index contributed by atoms with van der Waals surface area (Å²) in [5.74, 6) is -0.897. The predicted molar refractivity (Wildman–Crippen MR) is 117 cm³/mol. The van der Waals surface area contributed by atoms with Crippen LogP contribution in [0, 0.1) is 12.7 Å². The van der Waals surface area contributed by atoms with Gasteiger partial charge in [-0.3, -0.25) is 4.72 Å². The van der Waals surface area contributed by atoms with E-state index in [0.717, 1.165) is 42.9 Å². The number of thiazole rings is 1. The zero-order valence-corrected chi connectivity index (χ0v) is 18.9. The number of aryl methyl sites for hydroxylation is 1. The molecule has 1 aliphatic heterocycles. The molecule has 0 aliphatic carbocycles. The topological polar surface area (TPSA) is 115 Å². The summed E-state index contributed by atoms with van der Waals surface area (Å²) in [6.07, 6.45) is 1.66. The first-order chi connectivity index (χ1) is 14.2. The number of sulfonamides is 1. The lowest BCUT2D eigenvalue weighted by Crippen LogP contribution is -2.64. The zero-order valence-electron chi connectivity index (χ0n) is 16.5. The number of benzene rings is 1. The van der Waals surface area contributed by atoms with Crippen molar-refractivity contribution in [2.75, 3.05) is 42.8 Å². The minimum Gasteiger partial charge on any atom is -0.386 e. The lowest BCUT2D eigenvalue weighted by atomic mass is 9.97. The molecule has 0 radical (unpaired) electrons. The van der Waals surface area contributed by atoms with E-state index in [4.69, 9.17) is 11.6 Å². The lowest BCUT2D eigenvalue weighted by molar-refractivity contribution is -0.00822. The second-order valence-corrected chi connectivity index (χ2v) is 10.2. The van der Waals surface area contributed by atoms with Gasteiger partial charge in [0, 0.05) is 31.6 Å². The summed E-state index contributed by atoms with van der Waals surface area (Å²) in [7, 11) is -4.14. The summed E-state index contributed by atoms with van der Waals surface area (Å²) in [5, 5.41) is 21.2. The molecule has 1 aromatic heterocycles. The van der Waals surface area contributed by atoms with Crippen LogP contribution in [-0.4, -0.2) is 56.8 Å². The van der Waals surface area contributed by atoms with Crippen molar-refractivity contribution in [3.05, 3.63) is 34.0 Å². The third-order valence-electron chi connectivity index (χ3n) is 4.61. The van der Waals surface area contributed by atoms with Crippen LogP contribution in [0.2, 0.25) is 5.02 Å². The normalized spacial score (nSPS) is 15.6. The van der Waals surface area contributed by atoms with E-state index in [1.54, 1.807) is 12.3 Å². The fourth-order valence-corrected chi connectivity index (χ4v) is 5.22. The van der Waals surface area contributed by atoms with Crippen molar-refractivity contribution in [1.29, 1.82) is 0 Å². The van der Waals surface area contributed by atoms with E-state index in [1.807, 2.05) is 0 Å². The number of hydrogen-bond acceptors (Lipinski definition) is 8. The average Bonchev–Trinajstić information content (AvgIpc) is 3.05. The molecule has 1 fully saturated rings. The Morgan fingerprint density at radius 3 is 2.70 bits per heavy atom. The number of hydrogen-bond donors (Lipinski definition) is 5. The van der Waals surface area contributed by atoms with Gasteiger partial charge in [0.1, 0.15) is 16.3 Å². The fraction of sp³-hybridized carbons (Fsp3) is 0.500. The van der Waals surface area contributed by atoms with Crippen molar-refractivity contribution >= 4 is 43.8 Å². The summed E-state index contributed by atoms with van der Waals surface area (Å²) < 4.78 is 41.7. The van der Waals surface area contributed by atoms with Crippen LogP contribution < -0.4 is 20.7 Å². The number of rotatable bonds is 11. The zero-order chi connectivity index (χ0) is 21.8. The van der Waals surface area contributed by atoms with Crippen LogP contribution in [0.1, 0.15) is 18.5 Å². The van der Waals surface area contributed by atoms with Gasteiger partial charge in [0.15, 0.2) is 5.13 Å². The van der Waals surface area contributed by atoms with Crippen LogP contribution in [0.25, 0.3) is 0 Å². The largest absolute Gasteiger partial charge is 0.386 e. The maximum atomic E-state index is 14.5. The molecular weight excluding hydrogens is 453 g/mol. The van der Waals surface area contributed by atoms with Gasteiger partial charge >= 0.3 is 0 Å². The second kappa shape index (κ2) is 9.75. The molecule has 1 saturated heterocycles. The van der Waals surface area contributed by atoms with Crippen LogP contribution in [0.15, 0.2) is 22.4 Å². The fourth-order valence-electron chi connectivity index (χ4n) is 2.90. The molecular formula is C18H25ClFN5O3S2. The summed E-state index contributed by atoms with van der Waals surface area (Å²) >= 11 is 7.29. The highest BCUT2D eigenvalue weighted by Crippen LogP contribution is 2.29. The minimum atomic E-state index is -4.14. The smallest absolute Gasteiger partial charge is 0.266 e. The van der Waals surface area contributed by atoms with Gasteiger partial charge < -0.3 is 21.1 Å². The molecule has 2 heterocycles. The van der Waals surface area contributed by atoms with Crippen molar-refractivity contribution < 1.29 is 17.9 Å². The monoisotopic (exact) mass is 477 g/mol. The molecule has 2 aromatic rings. The first kappa shape index (κ1) is 23.2. The van der Waals surface area contributed by atoms with E-state index in [-0.39, 0.29) is 10.2 Å². The first-order valence-corrected chi connectivity index (χ1v) is 12.2. The Morgan fingerprint density at radius 2 is 2.07 bits per heavy atom. The van der Waals surface area contributed by atoms with Gasteiger partial charge in [-0.15, -0.1) is 11.3 Å². The van der Waals surface area contributed by atoms with Crippen LogP contribution >= 0.6 is 22.9 Å². The Hall–Kier alpha value is -1.50. The number of aliphatic hydroxyl groups is 1. The van der Waals surface area contributed by atoms with E-state index in [2.05, 4.69) is 25.7 Å². The van der Waals surface area contributed by atoms with Gasteiger partial charge in [-0.1, -0.05) is 11.6 Å². The Kier molecular flexibility index (Phi) is 7.53. The van der Waals surface area contributed by atoms with Gasteiger partial charge in [-0.05, 0) is 38.4 Å². The molecule has 1 aliphatic rings. The molecule has 1 aromatic carbocycles. The third-order valence-corrected chi connectivity index (χ3v) is 7.28. The number of anilines is 2. The minimum absolute atomic E-state index is 0.116. The molecule has 0 saturated carbocycles. The van der Waals surface area contributed by atoms with Gasteiger partial charge in [0.05, 0.1) is 16.4 Å². The van der Waals surface area contributed by atoms with E-state index in [1.165, 1.54) is 0 Å². The van der Waals surface area contributed by atoms with Crippen LogP contribution in [-0.2, 0) is 10.0 Å². The van der Waals surface area contributed by atoms with Gasteiger partial charge in [0.25, 0.3) is 10.0 Å². The molecule has 8 nitrogen and oxygen atoms in total. The molecule has 30 heavy (non-hydrogen) atoms. The molecule has 0 amide bonds. The number of nitrogens with one attached hydrogen (secondary N) is 4. The van der Waals surface area contributed by atoms with Crippen molar-refractivity contribution in [3.63, 3.8) is 0 Å². The molecule has 3 rings (SSSR count). The second-order valence-electron chi connectivity index (χ2n) is 7.30. The van der Waals surface area contributed by atoms with Crippen molar-refractivity contribution in [1.82, 2.24) is 15.6 Å². The molecule has 5 N–H and O–H groups in total. The predicted octanol–water partition coefficient (Wildman–Crippen LogP) is 2.16. The average molecular weight is 478 g/mol. The molecule has 0 unspecified atom stereocenters. The lowest BCUT2D eigenvalue weighted by Gasteiger charge is -2.37. The highest BCUT2D eigenvalue weighted by Gasteiger charge is 2.33. The molecule has 166 valence electrons. The standard InChI is InChI=1S/C18H25ClFN5O3S2/c1-12-8-29-17(24-12)25-30(27,28)16-6-13(19)15(7-14(16)20)23-5-3-2-4-21-9-18(26)10-22-11-18/h6-8,21-23,26H,2-5,9-11H2,1H3,(H,24,25). The van der Waals surface area contributed by atoms with Crippen LogP contribution in [0.5, 0.6) is 0 Å². The van der Waals surface area contributed by atoms with Crippen molar-refractivity contribution in [3.8, 4) is 0 Å². The summed E-state index contributed by atoms with van der Waals surface area (Å²) in [6, 6.07) is 2.18. The summed E-state index contributed by atoms with van der Waals surface area (Å²) in [6.45, 7) is 4.81. The Morgan fingerprint density at radius 1 is 1.33 bits per heavy atom. The van der Waals surface area contributed by atoms with E-state index in [9.17, 15) is 17.9 Å². The highest BCUT2D eigenvalue weighted by atomic mass is 35.5. The molecule has 0 bridgehead atoms. The van der Waals surface area contributed by atoms with Crippen LogP contribution in [0.4, 0.5) is 15.2 Å². The first-order valence-electron chi connectivity index (χ1n) is 9.50. The SMILES string of the molecule is Cc1csc(NS(=O)(=O)c2cc(Cl)c(NCCCCNCC3(O)CNC3)cc2F)n1. The van der Waals surface area contributed by atoms with Crippen molar-refractivity contribution in [2.45, 2.75) is 30.3 Å². The number of unbranched alkanes of at least 4 members (excludes halogenated alkanes) is 1. The summed E-state index contributed by atoms with van der Waals surface area (Å²) in [5.41, 5.74) is 0.362. The third kappa shape index (κ3) is 6.02. The molecule has 0 spiro atoms. The van der Waals surface area contributed by atoms with Gasteiger partial charge in [-0.25, -0.2) is 17.8 Å². The Balaban J connectivity index is 1.49. The van der Waals surface area contributed by atoms with E-state index < -0.39 is 26.3 Å². The number of β-amino-alcohol motifs (C(OH)–C–C–N with tert-alkyl or cyclic N) is 1. The van der Waals surface area contributed by atoms with Crippen molar-refractivity contribution in [2.24, 2.45) is 0 Å². The number of nitrogens with zero attached hydrogens (tertiary/aromatic N) is 1. The number of halogens is 2. The summed E-state index contributed by atoms with van der Waals surface area (Å²) in [4.78, 5) is 3.49. The highest BCUT2D eigenvalue weighted by molar-refractivity contribution is 7.93. The maximum absolute atomic E-state index is 14.5. The van der Waals surface area contributed by atoms with Gasteiger partial charge in [0.2, 0.25) is 0 Å². The Bertz CT molecular complexity index is 982. The quantitative estimate of drug-likeness (QED) is 0.315. The van der Waals surface area contributed by atoms with E-state index >= 15 is 0 Å². The van der Waals surface area contributed by atoms with Crippen LogP contribution in [0.3, 0.4) is 0 Å². The van der Waals surface area contributed by atoms with E-state index in [0.29, 0.717) is 37.6 Å².